The zero-order valence-electron chi connectivity index (χ0n) is 20.3. The number of fused-ring (bicyclic) bond motifs is 1. The number of rotatable bonds is 8. The lowest BCUT2D eigenvalue weighted by molar-refractivity contribution is -0.131. The predicted octanol–water partition coefficient (Wildman–Crippen LogP) is 4.79. The van der Waals surface area contributed by atoms with Gasteiger partial charge in [0.1, 0.15) is 5.82 Å². The first-order valence-corrected chi connectivity index (χ1v) is 12.2. The van der Waals surface area contributed by atoms with Gasteiger partial charge in [-0.2, -0.15) is 5.10 Å². The molecule has 4 aromatic rings. The molecule has 5 rings (SSSR count). The largest absolute Gasteiger partial charge is 0.350 e. The van der Waals surface area contributed by atoms with Gasteiger partial charge >= 0.3 is 0 Å². The molecule has 1 aromatic heterocycles. The van der Waals surface area contributed by atoms with Gasteiger partial charge in [0, 0.05) is 43.7 Å². The Morgan fingerprint density at radius 2 is 1.89 bits per heavy atom. The van der Waals surface area contributed by atoms with Crippen LogP contribution in [-0.4, -0.2) is 39.1 Å². The maximum Gasteiger partial charge on any atom is 0.222 e. The third kappa shape index (κ3) is 5.15. The minimum absolute atomic E-state index is 0.0166. The van der Waals surface area contributed by atoms with E-state index in [2.05, 4.69) is 34.7 Å². The molecule has 1 fully saturated rings. The summed E-state index contributed by atoms with van der Waals surface area (Å²) >= 11 is 0. The van der Waals surface area contributed by atoms with Gasteiger partial charge in [0.15, 0.2) is 0 Å². The normalized spacial score (nSPS) is 17.3. The Hall–Kier alpha value is -4.00. The van der Waals surface area contributed by atoms with Crippen LogP contribution < -0.4 is 5.32 Å². The Morgan fingerprint density at radius 3 is 2.67 bits per heavy atom. The van der Waals surface area contributed by atoms with Gasteiger partial charge < -0.3 is 10.2 Å². The van der Waals surface area contributed by atoms with Crippen molar-refractivity contribution in [2.45, 2.75) is 44.2 Å². The molecule has 1 unspecified atom stereocenters. The number of hydrogen-bond acceptors (Lipinski definition) is 3. The molecule has 0 radical (unpaired) electrons. The molecule has 184 valence electrons. The molecule has 0 aliphatic carbocycles. The van der Waals surface area contributed by atoms with Gasteiger partial charge in [0.2, 0.25) is 11.8 Å². The van der Waals surface area contributed by atoms with Crippen molar-refractivity contribution in [3.63, 3.8) is 0 Å². The van der Waals surface area contributed by atoms with E-state index in [0.29, 0.717) is 32.2 Å². The molecule has 1 saturated heterocycles. The lowest BCUT2D eigenvalue weighted by atomic mass is 9.83. The standard InChI is InChI=1S/C29H29FN4O2/c1-33(19-21-18-31-34(20-21)25-11-9-24(30)10-12-25)28(36)14-16-29(15-13-27(35)32-29)17-23-7-4-6-22-5-2-3-8-26(22)23/h2-12,18,20H,13-17,19H2,1H3,(H,32,35). The minimum Gasteiger partial charge on any atom is -0.350 e. The molecule has 0 saturated carbocycles. The fourth-order valence-electron chi connectivity index (χ4n) is 5.07. The van der Waals surface area contributed by atoms with E-state index in [1.165, 1.54) is 28.5 Å². The van der Waals surface area contributed by atoms with E-state index < -0.39 is 5.54 Å². The summed E-state index contributed by atoms with van der Waals surface area (Å²) in [7, 11) is 1.78. The Balaban J connectivity index is 1.24. The zero-order chi connectivity index (χ0) is 25.1. The Kier molecular flexibility index (Phi) is 6.55. The highest BCUT2D eigenvalue weighted by Gasteiger charge is 2.38. The number of aromatic nitrogens is 2. The zero-order valence-corrected chi connectivity index (χ0v) is 20.3. The van der Waals surface area contributed by atoms with Crippen LogP contribution in [0.3, 0.4) is 0 Å². The van der Waals surface area contributed by atoms with Crippen LogP contribution in [0.1, 0.15) is 36.8 Å². The summed E-state index contributed by atoms with van der Waals surface area (Å²) in [4.78, 5) is 27.0. The van der Waals surface area contributed by atoms with Crippen molar-refractivity contribution in [2.75, 3.05) is 7.05 Å². The van der Waals surface area contributed by atoms with Crippen molar-refractivity contribution in [1.29, 1.82) is 0 Å². The predicted molar refractivity (Wildman–Crippen MR) is 137 cm³/mol. The first-order valence-electron chi connectivity index (χ1n) is 12.2. The van der Waals surface area contributed by atoms with Crippen molar-refractivity contribution in [1.82, 2.24) is 20.0 Å². The molecule has 2 heterocycles. The van der Waals surface area contributed by atoms with Crippen LogP contribution >= 0.6 is 0 Å². The van der Waals surface area contributed by atoms with Crippen LogP contribution in [0.25, 0.3) is 16.5 Å². The number of nitrogens with one attached hydrogen (secondary N) is 1. The van der Waals surface area contributed by atoms with Crippen LogP contribution in [0.4, 0.5) is 4.39 Å². The van der Waals surface area contributed by atoms with Gasteiger partial charge in [-0.3, -0.25) is 9.59 Å². The second-order valence-corrected chi connectivity index (χ2v) is 9.66. The second kappa shape index (κ2) is 9.93. The van der Waals surface area contributed by atoms with Gasteiger partial charge in [-0.05, 0) is 59.9 Å². The van der Waals surface area contributed by atoms with Crippen LogP contribution in [0.15, 0.2) is 79.1 Å². The van der Waals surface area contributed by atoms with Crippen molar-refractivity contribution in [3.05, 3.63) is 96.1 Å². The van der Waals surface area contributed by atoms with Gasteiger partial charge in [0.05, 0.1) is 11.9 Å². The molecule has 1 aliphatic rings. The third-order valence-electron chi connectivity index (χ3n) is 7.03. The number of benzene rings is 3. The number of nitrogens with zero attached hydrogens (tertiary/aromatic N) is 3. The average Bonchev–Trinajstić information content (AvgIpc) is 3.50. The second-order valence-electron chi connectivity index (χ2n) is 9.66. The summed E-state index contributed by atoms with van der Waals surface area (Å²) in [6.07, 6.45) is 6.38. The molecule has 0 spiro atoms. The SMILES string of the molecule is CN(Cc1cnn(-c2ccc(F)cc2)c1)C(=O)CCC1(Cc2cccc3ccccc23)CCC(=O)N1. The highest BCUT2D eigenvalue weighted by molar-refractivity contribution is 5.86. The van der Waals surface area contributed by atoms with Crippen LogP contribution in [0, 0.1) is 5.82 Å². The summed E-state index contributed by atoms with van der Waals surface area (Å²) in [5, 5.41) is 9.89. The number of hydrogen-bond donors (Lipinski definition) is 1. The number of halogens is 1. The molecular formula is C29H29FN4O2. The quantitative estimate of drug-likeness (QED) is 0.391. The van der Waals surface area contributed by atoms with E-state index in [0.717, 1.165) is 17.7 Å². The number of carbonyl (C=O) groups is 2. The molecule has 0 bridgehead atoms. The molecule has 1 aliphatic heterocycles. The van der Waals surface area contributed by atoms with Crippen molar-refractivity contribution >= 4 is 22.6 Å². The van der Waals surface area contributed by atoms with E-state index in [4.69, 9.17) is 0 Å². The molecule has 7 heteroatoms. The molecular weight excluding hydrogens is 455 g/mol. The van der Waals surface area contributed by atoms with Gasteiger partial charge in [-0.25, -0.2) is 9.07 Å². The smallest absolute Gasteiger partial charge is 0.222 e. The molecule has 6 nitrogen and oxygen atoms in total. The van der Waals surface area contributed by atoms with Crippen molar-refractivity contribution in [2.24, 2.45) is 0 Å². The van der Waals surface area contributed by atoms with Crippen LogP contribution in [0.5, 0.6) is 0 Å². The van der Waals surface area contributed by atoms with E-state index in [1.54, 1.807) is 35.0 Å². The molecule has 36 heavy (non-hydrogen) atoms. The number of amides is 2. The summed E-state index contributed by atoms with van der Waals surface area (Å²) in [5.74, 6) is -0.236. The first-order chi connectivity index (χ1) is 17.4. The third-order valence-corrected chi connectivity index (χ3v) is 7.03. The fourth-order valence-corrected chi connectivity index (χ4v) is 5.07. The van der Waals surface area contributed by atoms with E-state index in [9.17, 15) is 14.0 Å². The lowest BCUT2D eigenvalue weighted by Crippen LogP contribution is -2.44. The Bertz CT molecular complexity index is 1390. The Labute approximate surface area is 209 Å². The summed E-state index contributed by atoms with van der Waals surface area (Å²) in [5.41, 5.74) is 2.40. The molecule has 2 amide bonds. The summed E-state index contributed by atoms with van der Waals surface area (Å²) < 4.78 is 14.9. The van der Waals surface area contributed by atoms with Crippen molar-refractivity contribution < 1.29 is 14.0 Å². The maximum atomic E-state index is 13.2. The lowest BCUT2D eigenvalue weighted by Gasteiger charge is -2.30. The van der Waals surface area contributed by atoms with E-state index in [-0.39, 0.29) is 17.6 Å². The average molecular weight is 485 g/mol. The summed E-state index contributed by atoms with van der Waals surface area (Å²) in [6.45, 7) is 0.419. The molecule has 1 atom stereocenters. The van der Waals surface area contributed by atoms with Gasteiger partial charge in [-0.1, -0.05) is 42.5 Å². The van der Waals surface area contributed by atoms with E-state index >= 15 is 0 Å². The van der Waals surface area contributed by atoms with Crippen LogP contribution in [-0.2, 0) is 22.6 Å². The van der Waals surface area contributed by atoms with Gasteiger partial charge in [0.25, 0.3) is 0 Å². The Morgan fingerprint density at radius 1 is 1.11 bits per heavy atom. The van der Waals surface area contributed by atoms with Crippen molar-refractivity contribution in [3.8, 4) is 5.69 Å². The molecule has 1 N–H and O–H groups in total. The van der Waals surface area contributed by atoms with Gasteiger partial charge in [-0.15, -0.1) is 0 Å². The highest BCUT2D eigenvalue weighted by atomic mass is 19.1. The number of carbonyl (C=O) groups excluding carboxylic acids is 2. The summed E-state index contributed by atoms with van der Waals surface area (Å²) in [6, 6.07) is 20.6. The fraction of sp³-hybridized carbons (Fsp3) is 0.276. The first kappa shape index (κ1) is 23.7. The maximum absolute atomic E-state index is 13.2. The monoisotopic (exact) mass is 484 g/mol. The van der Waals surface area contributed by atoms with E-state index in [1.807, 2.05) is 24.4 Å². The van der Waals surface area contributed by atoms with Crippen LogP contribution in [0.2, 0.25) is 0 Å². The minimum atomic E-state index is -0.425. The molecule has 3 aromatic carbocycles. The highest BCUT2D eigenvalue weighted by Crippen LogP contribution is 2.32. The topological polar surface area (TPSA) is 67.2 Å².